The van der Waals surface area contributed by atoms with Crippen LogP contribution in [0.4, 0.5) is 0 Å². The minimum atomic E-state index is -0.154. The Labute approximate surface area is 117 Å². The van der Waals surface area contributed by atoms with Crippen LogP contribution < -0.4 is 5.32 Å². The van der Waals surface area contributed by atoms with Crippen LogP contribution in [0.15, 0.2) is 0 Å². The summed E-state index contributed by atoms with van der Waals surface area (Å²) in [6, 6.07) is 0.464. The molecule has 3 aliphatic rings. The number of nitrogens with zero attached hydrogens (tertiary/aromatic N) is 1. The summed E-state index contributed by atoms with van der Waals surface area (Å²) in [6.45, 7) is 9.14. The highest BCUT2D eigenvalue weighted by atomic mass is 16.2. The molecule has 1 aliphatic heterocycles. The predicted octanol–water partition coefficient (Wildman–Crippen LogP) is 2.76. The van der Waals surface area contributed by atoms with E-state index in [1.165, 1.54) is 19.3 Å². The van der Waals surface area contributed by atoms with Crippen LogP contribution in [-0.4, -0.2) is 28.6 Å². The summed E-state index contributed by atoms with van der Waals surface area (Å²) in [5.41, 5.74) is -0.154. The van der Waals surface area contributed by atoms with Crippen molar-refractivity contribution in [2.75, 3.05) is 0 Å². The maximum Gasteiger partial charge on any atom is 0.244 e. The Hall–Kier alpha value is -0.570. The van der Waals surface area contributed by atoms with Gasteiger partial charge in [-0.15, -0.1) is 0 Å². The van der Waals surface area contributed by atoms with Gasteiger partial charge in [0.25, 0.3) is 0 Å². The van der Waals surface area contributed by atoms with Gasteiger partial charge in [0.05, 0.1) is 11.7 Å². The quantitative estimate of drug-likeness (QED) is 0.832. The smallest absolute Gasteiger partial charge is 0.244 e. The molecule has 3 rings (SSSR count). The first-order valence-electron chi connectivity index (χ1n) is 8.03. The molecular formula is C16H28N2O. The van der Waals surface area contributed by atoms with Crippen LogP contribution in [0.3, 0.4) is 0 Å². The summed E-state index contributed by atoms with van der Waals surface area (Å²) in [6.07, 6.45) is 6.06. The van der Waals surface area contributed by atoms with Crippen LogP contribution in [0.25, 0.3) is 0 Å². The summed E-state index contributed by atoms with van der Waals surface area (Å²) >= 11 is 0. The molecule has 19 heavy (non-hydrogen) atoms. The molecule has 1 heterocycles. The monoisotopic (exact) mass is 264 g/mol. The van der Waals surface area contributed by atoms with Crippen molar-refractivity contribution in [3.8, 4) is 0 Å². The molecule has 1 N–H and O–H groups in total. The molecule has 0 aromatic heterocycles. The van der Waals surface area contributed by atoms with Crippen molar-refractivity contribution in [1.82, 2.24) is 10.2 Å². The third kappa shape index (κ3) is 2.20. The van der Waals surface area contributed by atoms with Gasteiger partial charge in [0.15, 0.2) is 0 Å². The van der Waals surface area contributed by atoms with Gasteiger partial charge in [-0.05, 0) is 49.9 Å². The molecule has 3 fully saturated rings. The van der Waals surface area contributed by atoms with E-state index in [1.54, 1.807) is 0 Å². The third-order valence-electron chi connectivity index (χ3n) is 5.30. The van der Waals surface area contributed by atoms with Gasteiger partial charge in [-0.1, -0.05) is 27.7 Å². The average molecular weight is 264 g/mol. The number of carbonyl (C=O) groups is 1. The summed E-state index contributed by atoms with van der Waals surface area (Å²) in [5.74, 6) is 2.41. The van der Waals surface area contributed by atoms with Crippen LogP contribution in [0.2, 0.25) is 0 Å². The van der Waals surface area contributed by atoms with E-state index in [0.717, 1.165) is 24.7 Å². The largest absolute Gasteiger partial charge is 0.322 e. The van der Waals surface area contributed by atoms with Crippen LogP contribution in [0.1, 0.15) is 59.8 Å². The Kier molecular flexibility index (Phi) is 3.16. The highest BCUT2D eigenvalue weighted by Gasteiger charge is 2.60. The lowest BCUT2D eigenvalue weighted by Gasteiger charge is -2.40. The second kappa shape index (κ2) is 4.47. The maximum atomic E-state index is 12.8. The van der Waals surface area contributed by atoms with Crippen LogP contribution in [0, 0.1) is 17.8 Å². The maximum absolute atomic E-state index is 12.8. The van der Waals surface area contributed by atoms with Crippen molar-refractivity contribution < 1.29 is 4.79 Å². The highest BCUT2D eigenvalue weighted by Crippen LogP contribution is 2.46. The van der Waals surface area contributed by atoms with Gasteiger partial charge in [-0.3, -0.25) is 10.1 Å². The fourth-order valence-electron chi connectivity index (χ4n) is 4.28. The Balaban J connectivity index is 1.82. The summed E-state index contributed by atoms with van der Waals surface area (Å²) < 4.78 is 0. The van der Waals surface area contributed by atoms with E-state index in [-0.39, 0.29) is 11.7 Å². The fourth-order valence-corrected chi connectivity index (χ4v) is 4.28. The number of hydrogen-bond donors (Lipinski definition) is 1. The molecule has 0 radical (unpaired) electrons. The van der Waals surface area contributed by atoms with Crippen LogP contribution >= 0.6 is 0 Å². The zero-order valence-electron chi connectivity index (χ0n) is 12.8. The van der Waals surface area contributed by atoms with Crippen molar-refractivity contribution in [3.63, 3.8) is 0 Å². The predicted molar refractivity (Wildman–Crippen MR) is 76.5 cm³/mol. The van der Waals surface area contributed by atoms with Crippen LogP contribution in [0.5, 0.6) is 0 Å². The van der Waals surface area contributed by atoms with Gasteiger partial charge in [-0.2, -0.15) is 0 Å². The highest BCUT2D eigenvalue weighted by molar-refractivity contribution is 5.92. The number of nitrogens with one attached hydrogen (secondary N) is 1. The van der Waals surface area contributed by atoms with Gasteiger partial charge < -0.3 is 4.90 Å². The zero-order chi connectivity index (χ0) is 13.8. The molecule has 3 nitrogen and oxygen atoms in total. The SMILES string of the molecule is CC1CC(C)CC(N2C(=O)C3(CC3)NC2C(C)C)C1. The van der Waals surface area contributed by atoms with Crippen molar-refractivity contribution in [3.05, 3.63) is 0 Å². The van der Waals surface area contributed by atoms with Crippen molar-refractivity contribution in [2.24, 2.45) is 17.8 Å². The lowest BCUT2D eigenvalue weighted by molar-refractivity contribution is -0.135. The Bertz CT molecular complexity index is 365. The molecule has 1 saturated heterocycles. The molecule has 2 saturated carbocycles. The van der Waals surface area contributed by atoms with E-state index in [4.69, 9.17) is 0 Å². The minimum Gasteiger partial charge on any atom is -0.322 e. The van der Waals surface area contributed by atoms with Gasteiger partial charge >= 0.3 is 0 Å². The molecule has 0 aromatic rings. The zero-order valence-corrected chi connectivity index (χ0v) is 12.8. The van der Waals surface area contributed by atoms with Crippen molar-refractivity contribution in [1.29, 1.82) is 0 Å². The van der Waals surface area contributed by atoms with Crippen molar-refractivity contribution in [2.45, 2.75) is 77.5 Å². The average Bonchev–Trinajstić information content (AvgIpc) is 3.00. The molecule has 108 valence electrons. The molecule has 3 unspecified atom stereocenters. The van der Waals surface area contributed by atoms with Crippen molar-refractivity contribution >= 4 is 5.91 Å². The molecular weight excluding hydrogens is 236 g/mol. The van der Waals surface area contributed by atoms with Crippen LogP contribution in [-0.2, 0) is 4.79 Å². The number of carbonyl (C=O) groups excluding carboxylic acids is 1. The standard InChI is InChI=1S/C16H28N2O/c1-10(2)14-17-16(5-6-16)15(19)18(14)13-8-11(3)7-12(4)9-13/h10-14,17H,5-9H2,1-4H3. The van der Waals surface area contributed by atoms with E-state index in [0.29, 0.717) is 17.9 Å². The first kappa shape index (κ1) is 13.4. The fraction of sp³-hybridized carbons (Fsp3) is 0.938. The molecule has 0 aromatic carbocycles. The van der Waals surface area contributed by atoms with Gasteiger partial charge in [-0.25, -0.2) is 0 Å². The second-order valence-electron chi connectivity index (χ2n) is 7.70. The topological polar surface area (TPSA) is 32.3 Å². The molecule has 1 spiro atoms. The Morgan fingerprint density at radius 2 is 1.74 bits per heavy atom. The van der Waals surface area contributed by atoms with E-state index in [2.05, 4.69) is 37.9 Å². The lowest BCUT2D eigenvalue weighted by atomic mass is 9.79. The molecule has 1 amide bonds. The Morgan fingerprint density at radius 1 is 1.16 bits per heavy atom. The van der Waals surface area contributed by atoms with E-state index in [1.807, 2.05) is 0 Å². The van der Waals surface area contributed by atoms with E-state index in [9.17, 15) is 4.79 Å². The van der Waals surface area contributed by atoms with Gasteiger partial charge in [0, 0.05) is 6.04 Å². The number of amides is 1. The molecule has 0 bridgehead atoms. The van der Waals surface area contributed by atoms with E-state index >= 15 is 0 Å². The summed E-state index contributed by atoms with van der Waals surface area (Å²) in [7, 11) is 0. The first-order chi connectivity index (χ1) is 8.93. The van der Waals surface area contributed by atoms with E-state index < -0.39 is 0 Å². The third-order valence-corrected chi connectivity index (χ3v) is 5.30. The summed E-state index contributed by atoms with van der Waals surface area (Å²) in [4.78, 5) is 15.0. The lowest BCUT2D eigenvalue weighted by Crippen LogP contribution is -2.49. The molecule has 3 atom stereocenters. The molecule has 3 heteroatoms. The van der Waals surface area contributed by atoms with Gasteiger partial charge in [0.2, 0.25) is 5.91 Å². The molecule has 2 aliphatic carbocycles. The first-order valence-corrected chi connectivity index (χ1v) is 8.03. The normalized spacial score (nSPS) is 41.3. The van der Waals surface area contributed by atoms with Gasteiger partial charge in [0.1, 0.15) is 0 Å². The number of rotatable bonds is 2. The second-order valence-corrected chi connectivity index (χ2v) is 7.70. The summed E-state index contributed by atoms with van der Waals surface area (Å²) in [5, 5.41) is 3.64. The number of hydrogen-bond acceptors (Lipinski definition) is 2. The minimum absolute atomic E-state index is 0.154. The Morgan fingerprint density at radius 3 is 2.21 bits per heavy atom.